The number of allylic oxidation sites excluding steroid dienone is 3. The third kappa shape index (κ3) is 15.8. The Labute approximate surface area is 225 Å². The third-order valence-electron chi connectivity index (χ3n) is 4.75. The number of benzene rings is 1. The minimum absolute atomic E-state index is 0.169. The highest BCUT2D eigenvalue weighted by molar-refractivity contribution is 5.88. The average Bonchev–Trinajstić information content (AvgIpc) is 2.90. The molecule has 1 rings (SSSR count). The largest absolute Gasteiger partial charge is 0.493 e. The maximum Gasteiger partial charge on any atom is 0.336 e. The van der Waals surface area contributed by atoms with Crippen molar-refractivity contribution in [3.05, 3.63) is 88.7 Å². The molecule has 0 spiro atoms. The summed E-state index contributed by atoms with van der Waals surface area (Å²) in [7, 11) is 1.44. The molecule has 9 heteroatoms. The number of unbranched alkanes of at least 4 members (excludes halogenated alkanes) is 3. The molecule has 208 valence electrons. The van der Waals surface area contributed by atoms with Crippen LogP contribution in [-0.4, -0.2) is 30.7 Å². The molecule has 0 aliphatic heterocycles. The van der Waals surface area contributed by atoms with E-state index in [-0.39, 0.29) is 30.5 Å². The molecule has 9 nitrogen and oxygen atoms in total. The van der Waals surface area contributed by atoms with E-state index < -0.39 is 11.1 Å². The van der Waals surface area contributed by atoms with E-state index in [1.54, 1.807) is 31.2 Å². The second-order valence-corrected chi connectivity index (χ2v) is 7.78. The van der Waals surface area contributed by atoms with E-state index in [4.69, 9.17) is 14.2 Å². The number of methoxy groups -OCH3 is 1. The van der Waals surface area contributed by atoms with Crippen molar-refractivity contribution in [3.63, 3.8) is 0 Å². The van der Waals surface area contributed by atoms with E-state index >= 15 is 0 Å². The van der Waals surface area contributed by atoms with Gasteiger partial charge in [-0.25, -0.2) is 4.79 Å². The van der Waals surface area contributed by atoms with Gasteiger partial charge in [-0.3, -0.25) is 4.79 Å². The van der Waals surface area contributed by atoms with Gasteiger partial charge in [0.05, 0.1) is 7.11 Å². The van der Waals surface area contributed by atoms with Crippen LogP contribution >= 0.6 is 0 Å². The van der Waals surface area contributed by atoms with Gasteiger partial charge in [0.2, 0.25) is 0 Å². The van der Waals surface area contributed by atoms with E-state index in [1.807, 2.05) is 0 Å². The first-order chi connectivity index (χ1) is 18.2. The second-order valence-electron chi connectivity index (χ2n) is 7.78. The molecule has 0 bridgehead atoms. The summed E-state index contributed by atoms with van der Waals surface area (Å²) < 4.78 is 15.8. The lowest BCUT2D eigenvalue weighted by Gasteiger charge is -2.10. The number of carbonyl (C=O) groups is 2. The summed E-state index contributed by atoms with van der Waals surface area (Å²) in [5.74, 6) is -0.272. The lowest BCUT2D eigenvalue weighted by molar-refractivity contribution is -0.755. The highest BCUT2D eigenvalue weighted by Gasteiger charge is 2.11. The number of rotatable bonds is 16. The van der Waals surface area contributed by atoms with Crippen LogP contribution in [0.15, 0.2) is 73.1 Å². The molecule has 0 atom stereocenters. The molecule has 0 heterocycles. The van der Waals surface area contributed by atoms with Gasteiger partial charge >= 0.3 is 11.9 Å². The van der Waals surface area contributed by atoms with Crippen LogP contribution in [0, 0.1) is 10.1 Å². The van der Waals surface area contributed by atoms with Crippen LogP contribution in [0.3, 0.4) is 0 Å². The highest BCUT2D eigenvalue weighted by atomic mass is 16.9. The maximum absolute atomic E-state index is 12.2. The summed E-state index contributed by atoms with van der Waals surface area (Å²) in [5, 5.41) is 9.40. The van der Waals surface area contributed by atoms with Crippen molar-refractivity contribution in [3.8, 4) is 11.5 Å². The zero-order chi connectivity index (χ0) is 28.8. The molecule has 1 aromatic carbocycles. The van der Waals surface area contributed by atoms with Crippen molar-refractivity contribution in [1.82, 2.24) is 0 Å². The number of esters is 2. The van der Waals surface area contributed by atoms with Crippen LogP contribution in [0.1, 0.15) is 64.9 Å². The lowest BCUT2D eigenvalue weighted by atomic mass is 10.2. The monoisotopic (exact) mass is 529 g/mol. The molecular formula is C29H39NO8. The Morgan fingerprint density at radius 3 is 2.34 bits per heavy atom. The summed E-state index contributed by atoms with van der Waals surface area (Å²) >= 11 is 0. The summed E-state index contributed by atoms with van der Waals surface area (Å²) in [4.78, 5) is 38.7. The summed E-state index contributed by atoms with van der Waals surface area (Å²) in [6.07, 6.45) is 14.4. The molecule has 0 saturated heterocycles. The summed E-state index contributed by atoms with van der Waals surface area (Å²) in [6, 6.07) is 4.83. The Kier molecular flexibility index (Phi) is 18.7. The fourth-order valence-corrected chi connectivity index (χ4v) is 2.75. The van der Waals surface area contributed by atoms with Gasteiger partial charge in [0.25, 0.3) is 5.09 Å². The minimum Gasteiger partial charge on any atom is -0.493 e. The van der Waals surface area contributed by atoms with Crippen molar-refractivity contribution in [2.24, 2.45) is 0 Å². The summed E-state index contributed by atoms with van der Waals surface area (Å²) in [5.41, 5.74) is 0.968. The van der Waals surface area contributed by atoms with E-state index in [9.17, 15) is 19.7 Å². The number of nitrogens with zero attached hydrogens (tertiary/aromatic N) is 1. The van der Waals surface area contributed by atoms with E-state index in [1.165, 1.54) is 56.8 Å². The lowest BCUT2D eigenvalue weighted by Crippen LogP contribution is -2.08. The predicted octanol–water partition coefficient (Wildman–Crippen LogP) is 6.93. The van der Waals surface area contributed by atoms with Gasteiger partial charge in [0, 0.05) is 12.5 Å². The van der Waals surface area contributed by atoms with Crippen molar-refractivity contribution >= 4 is 18.0 Å². The number of carbonyl (C=O) groups excluding carboxylic acids is 2. The molecule has 0 aromatic heterocycles. The maximum atomic E-state index is 12.2. The number of ether oxygens (including phenoxy) is 3. The molecule has 0 N–H and O–H groups in total. The Morgan fingerprint density at radius 1 is 1.11 bits per heavy atom. The molecule has 0 fully saturated rings. The topological polar surface area (TPSA) is 114 Å². The average molecular weight is 530 g/mol. The molecule has 0 aliphatic rings. The van der Waals surface area contributed by atoms with Crippen molar-refractivity contribution in [1.29, 1.82) is 0 Å². The predicted molar refractivity (Wildman–Crippen MR) is 148 cm³/mol. The Bertz CT molecular complexity index is 1010. The van der Waals surface area contributed by atoms with Gasteiger partial charge in [0.1, 0.15) is 12.4 Å². The fourth-order valence-electron chi connectivity index (χ4n) is 2.75. The normalized spacial score (nSPS) is 11.2. The zero-order valence-corrected chi connectivity index (χ0v) is 22.8. The van der Waals surface area contributed by atoms with Crippen LogP contribution in [-0.2, 0) is 19.2 Å². The van der Waals surface area contributed by atoms with Gasteiger partial charge in [0.15, 0.2) is 11.5 Å². The van der Waals surface area contributed by atoms with Crippen molar-refractivity contribution in [2.75, 3.05) is 13.7 Å². The van der Waals surface area contributed by atoms with E-state index in [0.29, 0.717) is 23.3 Å². The van der Waals surface area contributed by atoms with Crippen LogP contribution in [0.2, 0.25) is 0 Å². The molecule has 0 radical (unpaired) electrons. The van der Waals surface area contributed by atoms with Crippen LogP contribution in [0.5, 0.6) is 11.5 Å². The second kappa shape index (κ2) is 21.0. The minimum atomic E-state index is -0.926. The van der Waals surface area contributed by atoms with Crippen LogP contribution in [0.4, 0.5) is 0 Å². The standard InChI is InChI=1S/C24H27NO8.C5H12/c1-5-8-9-10-23(26)33-21-13-11-19(16-22(21)30-4)12-14-24(27)32-20(7-3)15-18(6-2)17-31-25(28)29;1-3-5-4-2/h5-7,11-16H,1-2,8-10,17H2,3-4H3;3-5H2,1-2H3/b14-12+,18-15+,20-7+;. The van der Waals surface area contributed by atoms with E-state index in [2.05, 4.69) is 31.8 Å². The Morgan fingerprint density at radius 2 is 1.82 bits per heavy atom. The van der Waals surface area contributed by atoms with Gasteiger partial charge in [-0.1, -0.05) is 57.9 Å². The first kappa shape index (κ1) is 33.9. The molecular weight excluding hydrogens is 490 g/mol. The van der Waals surface area contributed by atoms with Crippen molar-refractivity contribution < 1.29 is 33.7 Å². The Balaban J connectivity index is 0.00000249. The van der Waals surface area contributed by atoms with Crippen LogP contribution < -0.4 is 9.47 Å². The summed E-state index contributed by atoms with van der Waals surface area (Å²) in [6.45, 7) is 12.9. The Hall–Kier alpha value is -4.14. The van der Waals surface area contributed by atoms with E-state index in [0.717, 1.165) is 6.42 Å². The molecule has 1 aromatic rings. The highest BCUT2D eigenvalue weighted by Crippen LogP contribution is 2.29. The number of hydrogen-bond donors (Lipinski definition) is 0. The molecule has 0 amide bonds. The first-order valence-corrected chi connectivity index (χ1v) is 12.4. The quantitative estimate of drug-likeness (QED) is 0.0260. The molecule has 38 heavy (non-hydrogen) atoms. The molecule has 0 saturated carbocycles. The SMILES string of the molecule is C=CCCCC(=O)Oc1ccc(/C=C/C(=O)OC(/C=C(\C=C)CO[N+](=O)[O-])=C/C)cc1OC.CCCCC. The first-order valence-electron chi connectivity index (χ1n) is 12.4. The smallest absolute Gasteiger partial charge is 0.336 e. The van der Waals surface area contributed by atoms with Crippen molar-refractivity contribution in [2.45, 2.75) is 59.3 Å². The van der Waals surface area contributed by atoms with Gasteiger partial charge in [-0.2, -0.15) is 0 Å². The zero-order valence-electron chi connectivity index (χ0n) is 22.8. The van der Waals surface area contributed by atoms with Gasteiger partial charge in [-0.05, 0) is 61.3 Å². The fraction of sp³-hybridized carbons (Fsp3) is 0.379. The number of hydrogen-bond acceptors (Lipinski definition) is 8. The van der Waals surface area contributed by atoms with Gasteiger partial charge < -0.3 is 19.0 Å². The molecule has 0 aliphatic carbocycles. The molecule has 0 unspecified atom stereocenters. The van der Waals surface area contributed by atoms with Crippen LogP contribution in [0.25, 0.3) is 6.08 Å². The van der Waals surface area contributed by atoms with Gasteiger partial charge in [-0.15, -0.1) is 16.7 Å². The third-order valence-corrected chi connectivity index (χ3v) is 4.75.